The Hall–Kier alpha value is -2.43. The highest BCUT2D eigenvalue weighted by Gasteiger charge is 2.15. The van der Waals surface area contributed by atoms with E-state index in [1.165, 1.54) is 0 Å². The van der Waals surface area contributed by atoms with Crippen LogP contribution in [0.15, 0.2) is 24.3 Å². The van der Waals surface area contributed by atoms with E-state index in [0.29, 0.717) is 11.4 Å². The molecule has 18 heavy (non-hydrogen) atoms. The number of rotatable bonds is 2. The van der Waals surface area contributed by atoms with Gasteiger partial charge in [-0.1, -0.05) is 23.8 Å². The monoisotopic (exact) mass is 242 g/mol. The maximum absolute atomic E-state index is 11.4. The predicted molar refractivity (Wildman–Crippen MR) is 69.9 cm³/mol. The van der Waals surface area contributed by atoms with Gasteiger partial charge in [-0.05, 0) is 19.9 Å². The molecule has 5 nitrogen and oxygen atoms in total. The number of carbonyl (C=O) groups excluding carboxylic acids is 1. The van der Waals surface area contributed by atoms with Gasteiger partial charge in [-0.3, -0.25) is 4.79 Å². The molecular weight excluding hydrogens is 228 g/mol. The zero-order chi connectivity index (χ0) is 13.3. The lowest BCUT2D eigenvalue weighted by Crippen LogP contribution is -2.17. The summed E-state index contributed by atoms with van der Waals surface area (Å²) in [5.74, 6) is -0.411. The van der Waals surface area contributed by atoms with Crippen molar-refractivity contribution in [1.29, 1.82) is 0 Å². The second-order valence-corrected chi connectivity index (χ2v) is 4.13. The van der Waals surface area contributed by atoms with Crippen molar-refractivity contribution >= 4 is 11.7 Å². The van der Waals surface area contributed by atoms with Crippen LogP contribution in [0.5, 0.6) is 0 Å². The average molecular weight is 242 g/mol. The van der Waals surface area contributed by atoms with Crippen LogP contribution in [0, 0.1) is 13.8 Å². The van der Waals surface area contributed by atoms with Crippen LogP contribution in [0.3, 0.4) is 0 Å². The van der Waals surface area contributed by atoms with Gasteiger partial charge in [0.25, 0.3) is 5.91 Å². The summed E-state index contributed by atoms with van der Waals surface area (Å²) in [7, 11) is 0. The highest BCUT2D eigenvalue weighted by atomic mass is 16.1. The zero-order valence-electron chi connectivity index (χ0n) is 10.3. The Morgan fingerprint density at radius 2 is 1.94 bits per heavy atom. The van der Waals surface area contributed by atoms with Crippen molar-refractivity contribution in [3.63, 3.8) is 0 Å². The minimum Gasteiger partial charge on any atom is -0.382 e. The van der Waals surface area contributed by atoms with Gasteiger partial charge < -0.3 is 11.5 Å². The molecule has 0 aliphatic carbocycles. The number of nitrogens with zero attached hydrogens (tertiary/aromatic N) is 2. The van der Waals surface area contributed by atoms with Crippen LogP contribution in [-0.2, 0) is 0 Å². The molecule has 4 N–H and O–H groups in total. The number of primary amides is 1. The minimum absolute atomic E-state index is 0.101. The number of nitrogens with two attached hydrogens (primary N) is 2. The molecule has 2 aromatic rings. The molecule has 0 fully saturated rings. The molecule has 1 heterocycles. The fourth-order valence-electron chi connectivity index (χ4n) is 1.70. The molecule has 0 atom stereocenters. The second-order valence-electron chi connectivity index (χ2n) is 4.13. The summed E-state index contributed by atoms with van der Waals surface area (Å²) in [5, 5.41) is 0. The van der Waals surface area contributed by atoms with E-state index in [-0.39, 0.29) is 11.5 Å². The van der Waals surface area contributed by atoms with E-state index in [1.807, 2.05) is 31.2 Å². The lowest BCUT2D eigenvalue weighted by molar-refractivity contribution is 0.0996. The number of aryl methyl sites for hydroxylation is 2. The van der Waals surface area contributed by atoms with Crippen molar-refractivity contribution in [2.45, 2.75) is 13.8 Å². The summed E-state index contributed by atoms with van der Waals surface area (Å²) >= 11 is 0. The predicted octanol–water partition coefficient (Wildman–Crippen LogP) is 1.44. The van der Waals surface area contributed by atoms with Gasteiger partial charge >= 0.3 is 0 Å². The van der Waals surface area contributed by atoms with Crippen LogP contribution in [0.25, 0.3) is 11.3 Å². The van der Waals surface area contributed by atoms with Gasteiger partial charge in [0.05, 0.1) is 5.69 Å². The molecular formula is C13H14N4O. The normalized spacial score (nSPS) is 10.3. The molecule has 1 amide bonds. The number of nitrogen functional groups attached to an aromatic ring is 1. The number of aromatic nitrogens is 2. The second kappa shape index (κ2) is 4.44. The smallest absolute Gasteiger partial charge is 0.269 e. The van der Waals surface area contributed by atoms with Crippen LogP contribution >= 0.6 is 0 Å². The summed E-state index contributed by atoms with van der Waals surface area (Å²) in [5.41, 5.74) is 14.0. The summed E-state index contributed by atoms with van der Waals surface area (Å²) in [6.45, 7) is 3.71. The fourth-order valence-corrected chi connectivity index (χ4v) is 1.70. The van der Waals surface area contributed by atoms with E-state index in [9.17, 15) is 4.79 Å². The largest absolute Gasteiger partial charge is 0.382 e. The molecule has 92 valence electrons. The third-order valence-electron chi connectivity index (χ3n) is 2.63. The Morgan fingerprint density at radius 1 is 1.22 bits per heavy atom. The first-order valence-corrected chi connectivity index (χ1v) is 5.50. The molecule has 2 rings (SSSR count). The average Bonchev–Trinajstić information content (AvgIpc) is 2.31. The summed E-state index contributed by atoms with van der Waals surface area (Å²) in [4.78, 5) is 19.7. The van der Waals surface area contributed by atoms with Gasteiger partial charge in [-0.25, -0.2) is 9.97 Å². The van der Waals surface area contributed by atoms with Crippen LogP contribution in [-0.4, -0.2) is 15.9 Å². The molecule has 0 aliphatic heterocycles. The molecule has 0 unspecified atom stereocenters. The molecule has 0 spiro atoms. The van der Waals surface area contributed by atoms with E-state index in [4.69, 9.17) is 11.5 Å². The molecule has 0 radical (unpaired) electrons. The zero-order valence-corrected chi connectivity index (χ0v) is 10.3. The van der Waals surface area contributed by atoms with Crippen molar-refractivity contribution in [3.05, 3.63) is 41.2 Å². The Balaban J connectivity index is 2.69. The number of carbonyl (C=O) groups is 1. The van der Waals surface area contributed by atoms with E-state index in [2.05, 4.69) is 9.97 Å². The molecule has 1 aromatic heterocycles. The highest BCUT2D eigenvalue weighted by molar-refractivity contribution is 5.97. The van der Waals surface area contributed by atoms with Crippen molar-refractivity contribution in [2.24, 2.45) is 5.73 Å². The molecule has 5 heteroatoms. The minimum atomic E-state index is -0.634. The number of anilines is 1. The topological polar surface area (TPSA) is 94.9 Å². The first-order valence-electron chi connectivity index (χ1n) is 5.50. The number of hydrogen-bond acceptors (Lipinski definition) is 4. The standard InChI is InChI=1S/C13H14N4O/c1-7-4-3-5-9(6-7)10-11(13(15)18)17-12(14)8(2)16-10/h3-6H,1-2H3,(H2,14,17)(H2,15,18). The van der Waals surface area contributed by atoms with Crippen molar-refractivity contribution in [3.8, 4) is 11.3 Å². The maximum Gasteiger partial charge on any atom is 0.269 e. The van der Waals surface area contributed by atoms with Crippen LogP contribution in [0.4, 0.5) is 5.82 Å². The lowest BCUT2D eigenvalue weighted by atomic mass is 10.1. The quantitative estimate of drug-likeness (QED) is 0.833. The van der Waals surface area contributed by atoms with E-state index in [1.54, 1.807) is 6.92 Å². The first kappa shape index (κ1) is 12.0. The van der Waals surface area contributed by atoms with Gasteiger partial charge in [0.1, 0.15) is 11.5 Å². The number of hydrogen-bond donors (Lipinski definition) is 2. The number of benzene rings is 1. The van der Waals surface area contributed by atoms with Gasteiger partial charge in [0, 0.05) is 5.56 Å². The molecule has 1 aromatic carbocycles. The summed E-state index contributed by atoms with van der Waals surface area (Å²) < 4.78 is 0. The number of amides is 1. The third kappa shape index (κ3) is 2.15. The summed E-state index contributed by atoms with van der Waals surface area (Å²) in [6.07, 6.45) is 0. The van der Waals surface area contributed by atoms with Crippen LogP contribution in [0.2, 0.25) is 0 Å². The van der Waals surface area contributed by atoms with Crippen LogP contribution < -0.4 is 11.5 Å². The Labute approximate surface area is 105 Å². The van der Waals surface area contributed by atoms with Gasteiger partial charge in [0.15, 0.2) is 5.69 Å². The van der Waals surface area contributed by atoms with E-state index in [0.717, 1.165) is 11.1 Å². The van der Waals surface area contributed by atoms with Crippen molar-refractivity contribution < 1.29 is 4.79 Å². The first-order chi connectivity index (χ1) is 8.49. The Morgan fingerprint density at radius 3 is 2.56 bits per heavy atom. The molecule has 0 saturated carbocycles. The van der Waals surface area contributed by atoms with E-state index < -0.39 is 5.91 Å². The van der Waals surface area contributed by atoms with Gasteiger partial charge in [-0.15, -0.1) is 0 Å². The molecule has 0 saturated heterocycles. The van der Waals surface area contributed by atoms with Crippen molar-refractivity contribution in [1.82, 2.24) is 9.97 Å². The third-order valence-corrected chi connectivity index (χ3v) is 2.63. The van der Waals surface area contributed by atoms with Gasteiger partial charge in [-0.2, -0.15) is 0 Å². The van der Waals surface area contributed by atoms with E-state index >= 15 is 0 Å². The molecule has 0 bridgehead atoms. The Bertz CT molecular complexity index is 622. The SMILES string of the molecule is Cc1cccc(-c2nc(C)c(N)nc2C(N)=O)c1. The Kier molecular flexibility index (Phi) is 2.97. The maximum atomic E-state index is 11.4. The highest BCUT2D eigenvalue weighted by Crippen LogP contribution is 2.23. The summed E-state index contributed by atoms with van der Waals surface area (Å²) in [6, 6.07) is 7.64. The van der Waals surface area contributed by atoms with Gasteiger partial charge in [0.2, 0.25) is 0 Å². The lowest BCUT2D eigenvalue weighted by Gasteiger charge is -2.09. The molecule has 0 aliphatic rings. The van der Waals surface area contributed by atoms with Crippen LogP contribution in [0.1, 0.15) is 21.7 Å². The fraction of sp³-hybridized carbons (Fsp3) is 0.154. The van der Waals surface area contributed by atoms with Crippen molar-refractivity contribution in [2.75, 3.05) is 5.73 Å².